The van der Waals surface area contributed by atoms with Gasteiger partial charge >= 0.3 is 0 Å². The van der Waals surface area contributed by atoms with E-state index in [0.29, 0.717) is 25.5 Å². The van der Waals surface area contributed by atoms with Crippen molar-refractivity contribution in [3.8, 4) is 0 Å². The summed E-state index contributed by atoms with van der Waals surface area (Å²) in [6, 6.07) is 8.13. The van der Waals surface area contributed by atoms with Gasteiger partial charge in [0.1, 0.15) is 0 Å². The molecule has 1 aromatic carbocycles. The van der Waals surface area contributed by atoms with Crippen molar-refractivity contribution in [1.82, 2.24) is 5.32 Å². The van der Waals surface area contributed by atoms with Crippen LogP contribution in [0.5, 0.6) is 0 Å². The molecule has 0 radical (unpaired) electrons. The first kappa shape index (κ1) is 13.4. The van der Waals surface area contributed by atoms with E-state index in [4.69, 9.17) is 5.73 Å². The number of fused-ring (bicyclic) bond motifs is 1. The van der Waals surface area contributed by atoms with E-state index in [9.17, 15) is 4.79 Å². The largest absolute Gasteiger partial charge is 0.370 e. The van der Waals surface area contributed by atoms with E-state index in [0.717, 1.165) is 11.3 Å². The third kappa shape index (κ3) is 3.24. The van der Waals surface area contributed by atoms with Crippen molar-refractivity contribution in [3.05, 3.63) is 29.8 Å². The number of nitrogens with two attached hydrogens (primary N) is 1. The number of nitrogens with one attached hydrogen (secondary N) is 1. The number of anilines is 1. The summed E-state index contributed by atoms with van der Waals surface area (Å²) in [7, 11) is 0. The highest BCUT2D eigenvalue weighted by Gasteiger charge is 2.25. The molecule has 0 spiro atoms. The molecule has 0 atom stereocenters. The Morgan fingerprint density at radius 1 is 1.47 bits per heavy atom. The van der Waals surface area contributed by atoms with Crippen LogP contribution in [0.25, 0.3) is 0 Å². The number of amides is 1. The first-order chi connectivity index (χ1) is 9.08. The fourth-order valence-electron chi connectivity index (χ4n) is 2.17. The number of guanidine groups is 1. The van der Waals surface area contributed by atoms with Crippen LogP contribution in [-0.4, -0.2) is 31.0 Å². The van der Waals surface area contributed by atoms with Gasteiger partial charge in [-0.25, -0.2) is 0 Å². The fraction of sp³-hybridized carbons (Fsp3) is 0.429. The van der Waals surface area contributed by atoms with Gasteiger partial charge in [-0.1, -0.05) is 18.2 Å². The van der Waals surface area contributed by atoms with E-state index >= 15 is 0 Å². The maximum Gasteiger partial charge on any atom is 0.231 e. The lowest BCUT2D eigenvalue weighted by atomic mass is 10.2. The number of aliphatic imine (C=N–C) groups is 1. The molecule has 0 aromatic heterocycles. The summed E-state index contributed by atoms with van der Waals surface area (Å²) in [5.41, 5.74) is 7.81. The first-order valence-electron chi connectivity index (χ1n) is 6.52. The van der Waals surface area contributed by atoms with Crippen molar-refractivity contribution in [2.75, 3.05) is 18.0 Å². The molecule has 5 nitrogen and oxygen atoms in total. The number of rotatable bonds is 4. The number of carbonyl (C=O) groups is 1. The number of nitrogens with zero attached hydrogens (tertiary/aromatic N) is 2. The Balaban J connectivity index is 1.95. The molecule has 1 heterocycles. The lowest BCUT2D eigenvalue weighted by Gasteiger charge is -2.16. The van der Waals surface area contributed by atoms with Crippen molar-refractivity contribution in [2.45, 2.75) is 26.3 Å². The van der Waals surface area contributed by atoms with Crippen molar-refractivity contribution in [2.24, 2.45) is 10.7 Å². The van der Waals surface area contributed by atoms with E-state index in [2.05, 4.69) is 10.3 Å². The van der Waals surface area contributed by atoms with Gasteiger partial charge in [0.15, 0.2) is 5.96 Å². The Morgan fingerprint density at radius 3 is 2.95 bits per heavy atom. The highest BCUT2D eigenvalue weighted by atomic mass is 16.2. The van der Waals surface area contributed by atoms with Gasteiger partial charge in [0.05, 0.1) is 13.0 Å². The minimum absolute atomic E-state index is 0.131. The number of benzene rings is 1. The number of carbonyl (C=O) groups excluding carboxylic acids is 1. The topological polar surface area (TPSA) is 70.7 Å². The number of para-hydroxylation sites is 1. The molecule has 1 amide bonds. The highest BCUT2D eigenvalue weighted by molar-refractivity contribution is 6.01. The van der Waals surface area contributed by atoms with Crippen LogP contribution in [0.15, 0.2) is 29.3 Å². The second-order valence-electron chi connectivity index (χ2n) is 4.92. The normalized spacial score (nSPS) is 15.0. The number of hydrogen-bond acceptors (Lipinski definition) is 2. The number of hydrogen-bond donors (Lipinski definition) is 2. The van der Waals surface area contributed by atoms with Crippen LogP contribution in [0.1, 0.15) is 19.4 Å². The van der Waals surface area contributed by atoms with Crippen LogP contribution < -0.4 is 16.0 Å². The highest BCUT2D eigenvalue weighted by Crippen LogP contribution is 2.27. The van der Waals surface area contributed by atoms with Crippen LogP contribution >= 0.6 is 0 Å². The maximum absolute atomic E-state index is 11.9. The maximum atomic E-state index is 11.9. The van der Waals surface area contributed by atoms with Crippen LogP contribution in [0, 0.1) is 0 Å². The lowest BCUT2D eigenvalue weighted by molar-refractivity contribution is -0.117. The van der Waals surface area contributed by atoms with Crippen molar-refractivity contribution in [3.63, 3.8) is 0 Å². The van der Waals surface area contributed by atoms with E-state index in [1.807, 2.05) is 38.1 Å². The average Bonchev–Trinajstić information content (AvgIpc) is 2.65. The van der Waals surface area contributed by atoms with Gasteiger partial charge in [-0.2, -0.15) is 0 Å². The Bertz CT molecular complexity index is 496. The molecule has 0 saturated carbocycles. The molecule has 0 saturated heterocycles. The molecule has 5 heteroatoms. The Kier molecular flexibility index (Phi) is 4.04. The summed E-state index contributed by atoms with van der Waals surface area (Å²) in [4.78, 5) is 17.9. The molecule has 1 aromatic rings. The predicted octanol–water partition coefficient (Wildman–Crippen LogP) is 0.888. The van der Waals surface area contributed by atoms with E-state index < -0.39 is 0 Å². The summed E-state index contributed by atoms with van der Waals surface area (Å²) in [6.07, 6.45) is 0.486. The van der Waals surface area contributed by atoms with E-state index in [-0.39, 0.29) is 11.9 Å². The minimum atomic E-state index is 0.131. The van der Waals surface area contributed by atoms with E-state index in [1.165, 1.54) is 0 Å². The molecule has 0 fully saturated rings. The Labute approximate surface area is 113 Å². The summed E-state index contributed by atoms with van der Waals surface area (Å²) < 4.78 is 0. The van der Waals surface area contributed by atoms with E-state index in [1.54, 1.807) is 4.90 Å². The van der Waals surface area contributed by atoms with Gasteiger partial charge in [-0.05, 0) is 25.5 Å². The molecule has 19 heavy (non-hydrogen) atoms. The molecule has 0 bridgehead atoms. The van der Waals surface area contributed by atoms with Gasteiger partial charge in [-0.3, -0.25) is 9.79 Å². The monoisotopic (exact) mass is 260 g/mol. The van der Waals surface area contributed by atoms with Gasteiger partial charge in [0, 0.05) is 18.3 Å². The van der Waals surface area contributed by atoms with Gasteiger partial charge in [-0.15, -0.1) is 0 Å². The summed E-state index contributed by atoms with van der Waals surface area (Å²) in [5.74, 6) is 0.557. The quantitative estimate of drug-likeness (QED) is 0.624. The molecular weight excluding hydrogens is 240 g/mol. The Morgan fingerprint density at radius 2 is 2.21 bits per heavy atom. The van der Waals surface area contributed by atoms with Crippen molar-refractivity contribution < 1.29 is 4.79 Å². The molecule has 3 N–H and O–H groups in total. The second-order valence-corrected chi connectivity index (χ2v) is 4.92. The van der Waals surface area contributed by atoms with Gasteiger partial charge in [0.25, 0.3) is 0 Å². The SMILES string of the molecule is CC(C)NC(N)=NCCN1C(=O)Cc2ccccc21. The Hall–Kier alpha value is -2.04. The second kappa shape index (κ2) is 5.73. The fourth-order valence-corrected chi connectivity index (χ4v) is 2.17. The zero-order valence-corrected chi connectivity index (χ0v) is 11.4. The standard InChI is InChI=1S/C14H20N4O/c1-10(2)17-14(15)16-7-8-18-12-6-4-3-5-11(12)9-13(18)19/h3-6,10H,7-9H2,1-2H3,(H3,15,16,17). The van der Waals surface area contributed by atoms with Crippen molar-refractivity contribution >= 4 is 17.6 Å². The molecular formula is C14H20N4O. The summed E-state index contributed by atoms with van der Waals surface area (Å²) in [6.45, 7) is 5.08. The summed E-state index contributed by atoms with van der Waals surface area (Å²) >= 11 is 0. The zero-order chi connectivity index (χ0) is 13.8. The molecule has 0 unspecified atom stereocenters. The van der Waals surface area contributed by atoms with Crippen LogP contribution in [0.4, 0.5) is 5.69 Å². The first-order valence-corrected chi connectivity index (χ1v) is 6.52. The lowest BCUT2D eigenvalue weighted by Crippen LogP contribution is -2.37. The van der Waals surface area contributed by atoms with Crippen LogP contribution in [0.2, 0.25) is 0 Å². The minimum Gasteiger partial charge on any atom is -0.370 e. The molecule has 2 rings (SSSR count). The summed E-state index contributed by atoms with van der Waals surface area (Å²) in [5, 5.41) is 3.02. The third-order valence-corrected chi connectivity index (χ3v) is 2.97. The average molecular weight is 260 g/mol. The molecule has 102 valence electrons. The van der Waals surface area contributed by atoms with Crippen LogP contribution in [0.3, 0.4) is 0 Å². The van der Waals surface area contributed by atoms with Crippen LogP contribution in [-0.2, 0) is 11.2 Å². The molecule has 1 aliphatic heterocycles. The molecule has 1 aliphatic rings. The smallest absolute Gasteiger partial charge is 0.231 e. The van der Waals surface area contributed by atoms with Crippen molar-refractivity contribution in [1.29, 1.82) is 0 Å². The predicted molar refractivity (Wildman–Crippen MR) is 77.3 cm³/mol. The molecule has 0 aliphatic carbocycles. The van der Waals surface area contributed by atoms with Gasteiger partial charge < -0.3 is 16.0 Å². The third-order valence-electron chi connectivity index (χ3n) is 2.97. The zero-order valence-electron chi connectivity index (χ0n) is 11.4. The van der Waals surface area contributed by atoms with Gasteiger partial charge in [0.2, 0.25) is 5.91 Å².